The summed E-state index contributed by atoms with van der Waals surface area (Å²) in [6, 6.07) is 0. The Hall–Kier alpha value is -0.610. The maximum Gasteiger partial charge on any atom is 0.255 e. The number of amides is 1. The molecule has 0 aromatic heterocycles. The molecule has 1 saturated carbocycles. The fraction of sp³-hybridized carbons (Fsp3) is 0.938. The van der Waals surface area contributed by atoms with Gasteiger partial charge in [0.25, 0.3) is 5.91 Å². The number of rotatable bonds is 5. The zero-order valence-corrected chi connectivity index (χ0v) is 13.1. The molecule has 0 bridgehead atoms. The SMILES string of the molecule is CCN(C)C[C@]1(O)CCCN(CC2CCCCC2)C1=O. The van der Waals surface area contributed by atoms with Gasteiger partial charge in [0.1, 0.15) is 0 Å². The molecule has 0 radical (unpaired) electrons. The Morgan fingerprint density at radius 3 is 2.65 bits per heavy atom. The Bertz CT molecular complexity index is 328. The number of hydrogen-bond acceptors (Lipinski definition) is 3. The molecule has 1 aliphatic carbocycles. The Morgan fingerprint density at radius 2 is 2.00 bits per heavy atom. The van der Waals surface area contributed by atoms with Crippen LogP contribution in [-0.2, 0) is 4.79 Å². The maximum absolute atomic E-state index is 12.6. The van der Waals surface area contributed by atoms with Crippen molar-refractivity contribution in [2.45, 2.75) is 57.5 Å². The average Bonchev–Trinajstić information content (AvgIpc) is 2.45. The molecule has 20 heavy (non-hydrogen) atoms. The lowest BCUT2D eigenvalue weighted by atomic mass is 9.86. The van der Waals surface area contributed by atoms with Crippen LogP contribution in [-0.4, -0.2) is 59.6 Å². The lowest BCUT2D eigenvalue weighted by Gasteiger charge is -2.41. The second-order valence-electron chi connectivity index (χ2n) is 6.72. The first-order valence-corrected chi connectivity index (χ1v) is 8.25. The average molecular weight is 282 g/mol. The second kappa shape index (κ2) is 6.90. The second-order valence-corrected chi connectivity index (χ2v) is 6.72. The smallest absolute Gasteiger partial charge is 0.255 e. The van der Waals surface area contributed by atoms with Gasteiger partial charge in [-0.2, -0.15) is 0 Å². The van der Waals surface area contributed by atoms with Crippen molar-refractivity contribution in [2.75, 3.05) is 33.2 Å². The zero-order chi connectivity index (χ0) is 14.6. The molecular weight excluding hydrogens is 252 g/mol. The first-order chi connectivity index (χ1) is 9.55. The van der Waals surface area contributed by atoms with Gasteiger partial charge in [0.05, 0.1) is 0 Å². The predicted molar refractivity (Wildman–Crippen MR) is 80.5 cm³/mol. The summed E-state index contributed by atoms with van der Waals surface area (Å²) >= 11 is 0. The lowest BCUT2D eigenvalue weighted by Crippen LogP contribution is -2.58. The highest BCUT2D eigenvalue weighted by Crippen LogP contribution is 2.28. The van der Waals surface area contributed by atoms with Crippen molar-refractivity contribution in [1.82, 2.24) is 9.80 Å². The van der Waals surface area contributed by atoms with Crippen LogP contribution in [0.2, 0.25) is 0 Å². The van der Waals surface area contributed by atoms with Crippen LogP contribution in [0.4, 0.5) is 0 Å². The maximum atomic E-state index is 12.6. The van der Waals surface area contributed by atoms with Crippen LogP contribution in [0.25, 0.3) is 0 Å². The molecule has 0 aromatic carbocycles. The molecule has 2 fully saturated rings. The minimum atomic E-state index is -1.16. The molecule has 1 N–H and O–H groups in total. The van der Waals surface area contributed by atoms with Crippen molar-refractivity contribution in [2.24, 2.45) is 5.92 Å². The van der Waals surface area contributed by atoms with Gasteiger partial charge in [-0.25, -0.2) is 0 Å². The number of likely N-dealkylation sites (N-methyl/N-ethyl adjacent to an activating group) is 1. The summed E-state index contributed by atoms with van der Waals surface area (Å²) in [7, 11) is 1.96. The van der Waals surface area contributed by atoms with Crippen LogP contribution in [0.1, 0.15) is 51.9 Å². The van der Waals surface area contributed by atoms with E-state index in [1.54, 1.807) is 0 Å². The third-order valence-corrected chi connectivity index (χ3v) is 4.98. The highest BCUT2D eigenvalue weighted by Gasteiger charge is 2.43. The largest absolute Gasteiger partial charge is 0.379 e. The molecule has 0 aromatic rings. The Kier molecular flexibility index (Phi) is 5.44. The van der Waals surface area contributed by atoms with Crippen LogP contribution in [0.15, 0.2) is 0 Å². The van der Waals surface area contributed by atoms with Crippen LogP contribution in [0.5, 0.6) is 0 Å². The van der Waals surface area contributed by atoms with Gasteiger partial charge in [-0.1, -0.05) is 26.2 Å². The summed E-state index contributed by atoms with van der Waals surface area (Å²) in [5, 5.41) is 10.7. The molecule has 116 valence electrons. The summed E-state index contributed by atoms with van der Waals surface area (Å²) < 4.78 is 0. The molecule has 1 amide bonds. The first kappa shape index (κ1) is 15.8. The summed E-state index contributed by atoms with van der Waals surface area (Å²) in [6.45, 7) is 5.06. The van der Waals surface area contributed by atoms with E-state index in [1.165, 1.54) is 32.1 Å². The van der Waals surface area contributed by atoms with E-state index in [0.29, 0.717) is 18.9 Å². The Labute approximate surface area is 123 Å². The number of carbonyl (C=O) groups is 1. The molecule has 1 aliphatic heterocycles. The molecular formula is C16H30N2O2. The highest BCUT2D eigenvalue weighted by molar-refractivity contribution is 5.86. The van der Waals surface area contributed by atoms with Crippen LogP contribution in [0, 0.1) is 5.92 Å². The molecule has 2 aliphatic rings. The van der Waals surface area contributed by atoms with E-state index in [9.17, 15) is 9.90 Å². The van der Waals surface area contributed by atoms with E-state index in [2.05, 4.69) is 6.92 Å². The van der Waals surface area contributed by atoms with Gasteiger partial charge in [0, 0.05) is 19.6 Å². The molecule has 2 rings (SSSR count). The topological polar surface area (TPSA) is 43.8 Å². The van der Waals surface area contributed by atoms with E-state index in [0.717, 1.165) is 26.1 Å². The first-order valence-electron chi connectivity index (χ1n) is 8.25. The van der Waals surface area contributed by atoms with Crippen molar-refractivity contribution in [3.05, 3.63) is 0 Å². The van der Waals surface area contributed by atoms with Gasteiger partial charge in [-0.05, 0) is 45.2 Å². The van der Waals surface area contributed by atoms with E-state index in [-0.39, 0.29) is 5.91 Å². The number of piperidine rings is 1. The van der Waals surface area contributed by atoms with Crippen LogP contribution >= 0.6 is 0 Å². The number of hydrogen-bond donors (Lipinski definition) is 1. The van der Waals surface area contributed by atoms with Gasteiger partial charge in [-0.15, -0.1) is 0 Å². The standard InChI is InChI=1S/C16H30N2O2/c1-3-17(2)13-16(20)10-7-11-18(15(16)19)12-14-8-5-4-6-9-14/h14,20H,3-13H2,1-2H3/t16-/m1/s1. The highest BCUT2D eigenvalue weighted by atomic mass is 16.3. The van der Waals surface area contributed by atoms with Crippen molar-refractivity contribution in [3.63, 3.8) is 0 Å². The fourth-order valence-corrected chi connectivity index (χ4v) is 3.63. The van der Waals surface area contributed by atoms with E-state index in [4.69, 9.17) is 0 Å². The van der Waals surface area contributed by atoms with E-state index in [1.807, 2.05) is 16.8 Å². The van der Waals surface area contributed by atoms with Crippen LogP contribution < -0.4 is 0 Å². The normalized spacial score (nSPS) is 29.2. The quantitative estimate of drug-likeness (QED) is 0.837. The van der Waals surface area contributed by atoms with Crippen LogP contribution in [0.3, 0.4) is 0 Å². The molecule has 1 saturated heterocycles. The summed E-state index contributed by atoms with van der Waals surface area (Å²) in [6.07, 6.45) is 7.97. The predicted octanol–water partition coefficient (Wildman–Crippen LogP) is 1.87. The van der Waals surface area contributed by atoms with Gasteiger partial charge >= 0.3 is 0 Å². The Morgan fingerprint density at radius 1 is 1.30 bits per heavy atom. The van der Waals surface area contributed by atoms with Gasteiger partial charge < -0.3 is 14.9 Å². The van der Waals surface area contributed by atoms with Gasteiger partial charge in [0.2, 0.25) is 0 Å². The van der Waals surface area contributed by atoms with Crippen molar-refractivity contribution in [3.8, 4) is 0 Å². The molecule has 0 unspecified atom stereocenters. The number of nitrogens with zero attached hydrogens (tertiary/aromatic N) is 2. The minimum Gasteiger partial charge on any atom is -0.379 e. The minimum absolute atomic E-state index is 0.0328. The third-order valence-electron chi connectivity index (χ3n) is 4.98. The lowest BCUT2D eigenvalue weighted by molar-refractivity contribution is -0.160. The third kappa shape index (κ3) is 3.73. The Balaban J connectivity index is 1.94. The van der Waals surface area contributed by atoms with Gasteiger partial charge in [-0.3, -0.25) is 4.79 Å². The van der Waals surface area contributed by atoms with Crippen molar-refractivity contribution < 1.29 is 9.90 Å². The summed E-state index contributed by atoms with van der Waals surface area (Å²) in [5.74, 6) is 0.619. The van der Waals surface area contributed by atoms with Crippen molar-refractivity contribution in [1.29, 1.82) is 0 Å². The summed E-state index contributed by atoms with van der Waals surface area (Å²) in [4.78, 5) is 16.6. The van der Waals surface area contributed by atoms with Crippen molar-refractivity contribution >= 4 is 5.91 Å². The summed E-state index contributed by atoms with van der Waals surface area (Å²) in [5.41, 5.74) is -1.16. The van der Waals surface area contributed by atoms with E-state index < -0.39 is 5.60 Å². The molecule has 1 heterocycles. The zero-order valence-electron chi connectivity index (χ0n) is 13.1. The molecule has 1 atom stereocenters. The number of likely N-dealkylation sites (tertiary alicyclic amines) is 1. The number of aliphatic hydroxyl groups is 1. The molecule has 4 heteroatoms. The number of carbonyl (C=O) groups excluding carboxylic acids is 1. The fourth-order valence-electron chi connectivity index (χ4n) is 3.63. The monoisotopic (exact) mass is 282 g/mol. The molecule has 0 spiro atoms. The van der Waals surface area contributed by atoms with E-state index >= 15 is 0 Å². The van der Waals surface area contributed by atoms with Gasteiger partial charge in [0.15, 0.2) is 5.60 Å². The molecule has 4 nitrogen and oxygen atoms in total.